The highest BCUT2D eigenvalue weighted by Crippen LogP contribution is 2.10. The van der Waals surface area contributed by atoms with Crippen molar-refractivity contribution in [2.24, 2.45) is 0 Å². The van der Waals surface area contributed by atoms with Gasteiger partial charge in [0, 0.05) is 6.42 Å². The molecule has 0 atom stereocenters. The van der Waals surface area contributed by atoms with Crippen LogP contribution in [0.3, 0.4) is 0 Å². The standard InChI is InChI=1S/C13H15BrO3/c1-17-13(16)11-6-2-4-10(8-11)5-3-7-12(15)9-14/h2,4,6,8H,3,5,7,9H2,1H3. The molecule has 0 aliphatic carbocycles. The Morgan fingerprint density at radius 3 is 2.76 bits per heavy atom. The molecular formula is C13H15BrO3. The summed E-state index contributed by atoms with van der Waals surface area (Å²) in [6.07, 6.45) is 2.16. The number of hydrogen-bond donors (Lipinski definition) is 0. The topological polar surface area (TPSA) is 43.4 Å². The van der Waals surface area contributed by atoms with Gasteiger partial charge in [-0.25, -0.2) is 4.79 Å². The smallest absolute Gasteiger partial charge is 0.337 e. The second kappa shape index (κ2) is 7.22. The number of halogens is 1. The molecule has 0 heterocycles. The first-order chi connectivity index (χ1) is 8.17. The Kier molecular flexibility index (Phi) is 5.91. The van der Waals surface area contributed by atoms with Crippen LogP contribution in [-0.2, 0) is 16.0 Å². The molecule has 0 aliphatic heterocycles. The van der Waals surface area contributed by atoms with E-state index in [1.807, 2.05) is 18.2 Å². The van der Waals surface area contributed by atoms with Gasteiger partial charge in [-0.15, -0.1) is 0 Å². The Morgan fingerprint density at radius 2 is 2.12 bits per heavy atom. The molecule has 17 heavy (non-hydrogen) atoms. The molecule has 0 saturated heterocycles. The highest BCUT2D eigenvalue weighted by molar-refractivity contribution is 9.09. The largest absolute Gasteiger partial charge is 0.465 e. The molecular weight excluding hydrogens is 284 g/mol. The number of ketones is 1. The van der Waals surface area contributed by atoms with Gasteiger partial charge in [0.2, 0.25) is 0 Å². The minimum Gasteiger partial charge on any atom is -0.465 e. The maximum absolute atomic E-state index is 11.3. The van der Waals surface area contributed by atoms with Crippen molar-refractivity contribution >= 4 is 27.7 Å². The van der Waals surface area contributed by atoms with Crippen molar-refractivity contribution in [1.29, 1.82) is 0 Å². The number of hydrogen-bond acceptors (Lipinski definition) is 3. The van der Waals surface area contributed by atoms with Crippen LogP contribution in [0.1, 0.15) is 28.8 Å². The number of aryl methyl sites for hydroxylation is 1. The minimum absolute atomic E-state index is 0.203. The Bertz CT molecular complexity index is 401. The lowest BCUT2D eigenvalue weighted by Crippen LogP contribution is -2.02. The first kappa shape index (κ1) is 13.9. The lowest BCUT2D eigenvalue weighted by molar-refractivity contribution is -0.116. The van der Waals surface area contributed by atoms with E-state index < -0.39 is 0 Å². The maximum Gasteiger partial charge on any atom is 0.337 e. The summed E-state index contributed by atoms with van der Waals surface area (Å²) in [6.45, 7) is 0. The van der Waals surface area contributed by atoms with Crippen molar-refractivity contribution in [1.82, 2.24) is 0 Å². The Hall–Kier alpha value is -1.16. The zero-order chi connectivity index (χ0) is 12.7. The third-order valence-corrected chi connectivity index (χ3v) is 3.04. The molecule has 0 fully saturated rings. The summed E-state index contributed by atoms with van der Waals surface area (Å²) < 4.78 is 4.65. The number of esters is 1. The number of alkyl halides is 1. The van der Waals surface area contributed by atoms with E-state index in [9.17, 15) is 9.59 Å². The van der Waals surface area contributed by atoms with Gasteiger partial charge in [0.1, 0.15) is 5.78 Å². The van der Waals surface area contributed by atoms with Crippen LogP contribution in [0.25, 0.3) is 0 Å². The highest BCUT2D eigenvalue weighted by Gasteiger charge is 2.06. The minimum atomic E-state index is -0.330. The number of benzene rings is 1. The fourth-order valence-electron chi connectivity index (χ4n) is 1.53. The van der Waals surface area contributed by atoms with Gasteiger partial charge in [-0.1, -0.05) is 28.1 Å². The third kappa shape index (κ3) is 4.69. The van der Waals surface area contributed by atoms with Crippen molar-refractivity contribution in [2.75, 3.05) is 12.4 Å². The zero-order valence-electron chi connectivity index (χ0n) is 9.74. The van der Waals surface area contributed by atoms with Gasteiger partial charge in [0.05, 0.1) is 18.0 Å². The normalized spacial score (nSPS) is 10.0. The van der Waals surface area contributed by atoms with Crippen LogP contribution in [0.4, 0.5) is 0 Å². The average molecular weight is 299 g/mol. The predicted octanol–water partition coefficient (Wildman–Crippen LogP) is 2.76. The van der Waals surface area contributed by atoms with Gasteiger partial charge in [-0.05, 0) is 30.5 Å². The molecule has 0 aromatic heterocycles. The monoisotopic (exact) mass is 298 g/mol. The lowest BCUT2D eigenvalue weighted by Gasteiger charge is -2.03. The zero-order valence-corrected chi connectivity index (χ0v) is 11.3. The van der Waals surface area contributed by atoms with Crippen molar-refractivity contribution in [3.63, 3.8) is 0 Å². The quantitative estimate of drug-likeness (QED) is 0.599. The second-order valence-corrected chi connectivity index (χ2v) is 4.28. The Labute approximate surface area is 109 Å². The van der Waals surface area contributed by atoms with E-state index in [1.54, 1.807) is 6.07 Å². The molecule has 0 unspecified atom stereocenters. The molecule has 4 heteroatoms. The molecule has 1 rings (SSSR count). The summed E-state index contributed by atoms with van der Waals surface area (Å²) in [7, 11) is 1.36. The van der Waals surface area contributed by atoms with Gasteiger partial charge in [-0.3, -0.25) is 4.79 Å². The molecule has 1 aromatic carbocycles. The van der Waals surface area contributed by atoms with Crippen LogP contribution in [0.2, 0.25) is 0 Å². The van der Waals surface area contributed by atoms with Crippen LogP contribution < -0.4 is 0 Å². The number of Topliss-reactive ketones (excluding diaryl/α,β-unsaturated/α-hetero) is 1. The average Bonchev–Trinajstić information content (AvgIpc) is 2.38. The van der Waals surface area contributed by atoms with E-state index in [1.165, 1.54) is 7.11 Å². The van der Waals surface area contributed by atoms with E-state index in [4.69, 9.17) is 0 Å². The molecule has 92 valence electrons. The number of carbonyl (C=O) groups is 2. The van der Waals surface area contributed by atoms with E-state index >= 15 is 0 Å². The Morgan fingerprint density at radius 1 is 1.35 bits per heavy atom. The number of methoxy groups -OCH3 is 1. The molecule has 0 N–H and O–H groups in total. The van der Waals surface area contributed by atoms with Crippen LogP contribution >= 0.6 is 15.9 Å². The third-order valence-electron chi connectivity index (χ3n) is 2.42. The summed E-state index contributed by atoms with van der Waals surface area (Å²) in [5.41, 5.74) is 1.60. The van der Waals surface area contributed by atoms with E-state index in [2.05, 4.69) is 20.7 Å². The summed E-state index contributed by atoms with van der Waals surface area (Å²) in [5, 5.41) is 0.412. The fraction of sp³-hybridized carbons (Fsp3) is 0.385. The van der Waals surface area contributed by atoms with E-state index in [-0.39, 0.29) is 11.8 Å². The van der Waals surface area contributed by atoms with Gasteiger partial charge in [0.15, 0.2) is 0 Å². The SMILES string of the molecule is COC(=O)c1cccc(CCCC(=O)CBr)c1. The summed E-state index contributed by atoms with van der Waals surface area (Å²) in [6, 6.07) is 7.31. The number of ether oxygens (including phenoxy) is 1. The van der Waals surface area contributed by atoms with Crippen molar-refractivity contribution < 1.29 is 14.3 Å². The summed E-state index contributed by atoms with van der Waals surface area (Å²) in [4.78, 5) is 22.4. The number of carbonyl (C=O) groups excluding carboxylic acids is 2. The van der Waals surface area contributed by atoms with Crippen LogP contribution in [0.15, 0.2) is 24.3 Å². The fourth-order valence-corrected chi connectivity index (χ4v) is 1.81. The maximum atomic E-state index is 11.3. The van der Waals surface area contributed by atoms with Crippen LogP contribution in [0, 0.1) is 0 Å². The van der Waals surface area contributed by atoms with Crippen molar-refractivity contribution in [2.45, 2.75) is 19.3 Å². The van der Waals surface area contributed by atoms with E-state index in [0.29, 0.717) is 17.3 Å². The van der Waals surface area contributed by atoms with Gasteiger partial charge in [0.25, 0.3) is 0 Å². The lowest BCUT2D eigenvalue weighted by atomic mass is 10.0. The second-order valence-electron chi connectivity index (χ2n) is 3.72. The summed E-state index contributed by atoms with van der Waals surface area (Å²) in [5.74, 6) is -0.127. The highest BCUT2D eigenvalue weighted by atomic mass is 79.9. The van der Waals surface area contributed by atoms with E-state index in [0.717, 1.165) is 18.4 Å². The van der Waals surface area contributed by atoms with Gasteiger partial charge < -0.3 is 4.74 Å². The summed E-state index contributed by atoms with van der Waals surface area (Å²) >= 11 is 3.13. The number of rotatable bonds is 6. The van der Waals surface area contributed by atoms with Gasteiger partial charge in [-0.2, -0.15) is 0 Å². The Balaban J connectivity index is 2.54. The molecule has 3 nitrogen and oxygen atoms in total. The molecule has 1 aromatic rings. The molecule has 0 bridgehead atoms. The van der Waals surface area contributed by atoms with Crippen LogP contribution in [0.5, 0.6) is 0 Å². The molecule has 0 amide bonds. The van der Waals surface area contributed by atoms with Crippen molar-refractivity contribution in [3.8, 4) is 0 Å². The first-order valence-electron chi connectivity index (χ1n) is 5.42. The van der Waals surface area contributed by atoms with Gasteiger partial charge >= 0.3 is 5.97 Å². The molecule has 0 aliphatic rings. The molecule has 0 spiro atoms. The van der Waals surface area contributed by atoms with Crippen molar-refractivity contribution in [3.05, 3.63) is 35.4 Å². The molecule has 0 saturated carbocycles. The molecule has 0 radical (unpaired) electrons. The first-order valence-corrected chi connectivity index (χ1v) is 6.54. The van der Waals surface area contributed by atoms with Crippen LogP contribution in [-0.4, -0.2) is 24.2 Å². The predicted molar refractivity (Wildman–Crippen MR) is 69.5 cm³/mol.